The summed E-state index contributed by atoms with van der Waals surface area (Å²) in [7, 11) is 0. The van der Waals surface area contributed by atoms with Crippen molar-refractivity contribution in [3.8, 4) is 0 Å². The van der Waals surface area contributed by atoms with E-state index in [1.165, 1.54) is 16.2 Å². The van der Waals surface area contributed by atoms with E-state index in [0.29, 0.717) is 23.8 Å². The number of aromatic nitrogens is 1. The fourth-order valence-electron chi connectivity index (χ4n) is 2.78. The highest BCUT2D eigenvalue weighted by Gasteiger charge is 2.23. The van der Waals surface area contributed by atoms with E-state index in [9.17, 15) is 4.79 Å². The molecule has 0 bridgehead atoms. The SMILES string of the molecule is N=c1sc2ccccc2n1CC1CCN(C(=O)O)CC1. The minimum atomic E-state index is -0.821. The van der Waals surface area contributed by atoms with E-state index >= 15 is 0 Å². The summed E-state index contributed by atoms with van der Waals surface area (Å²) in [5.74, 6) is 0.456. The van der Waals surface area contributed by atoms with Crippen LogP contribution in [0.3, 0.4) is 0 Å². The van der Waals surface area contributed by atoms with Crippen molar-refractivity contribution in [3.05, 3.63) is 29.1 Å². The van der Waals surface area contributed by atoms with Gasteiger partial charge >= 0.3 is 6.09 Å². The molecule has 106 valence electrons. The lowest BCUT2D eigenvalue weighted by Gasteiger charge is -2.30. The van der Waals surface area contributed by atoms with Gasteiger partial charge in [-0.05, 0) is 30.9 Å². The summed E-state index contributed by atoms with van der Waals surface area (Å²) < 4.78 is 3.20. The lowest BCUT2D eigenvalue weighted by atomic mass is 9.97. The Hall–Kier alpha value is -1.82. The predicted octanol–water partition coefficient (Wildman–Crippen LogP) is 2.57. The zero-order chi connectivity index (χ0) is 14.1. The zero-order valence-corrected chi connectivity index (χ0v) is 11.9. The first-order valence-electron chi connectivity index (χ1n) is 6.76. The summed E-state index contributed by atoms with van der Waals surface area (Å²) in [4.78, 5) is 13.0. The van der Waals surface area contributed by atoms with Crippen molar-refractivity contribution in [1.82, 2.24) is 9.47 Å². The van der Waals surface area contributed by atoms with Crippen LogP contribution >= 0.6 is 11.3 Å². The molecule has 3 rings (SSSR count). The average Bonchev–Trinajstić information content (AvgIpc) is 2.76. The number of piperidine rings is 1. The maximum Gasteiger partial charge on any atom is 0.407 e. The zero-order valence-electron chi connectivity index (χ0n) is 11.1. The van der Waals surface area contributed by atoms with Crippen LogP contribution in [0.1, 0.15) is 12.8 Å². The number of amides is 1. The number of para-hydroxylation sites is 1. The van der Waals surface area contributed by atoms with Crippen LogP contribution < -0.4 is 4.80 Å². The van der Waals surface area contributed by atoms with Crippen molar-refractivity contribution < 1.29 is 9.90 Å². The Morgan fingerprint density at radius 2 is 2.05 bits per heavy atom. The predicted molar refractivity (Wildman–Crippen MR) is 78.0 cm³/mol. The first-order chi connectivity index (χ1) is 9.65. The molecule has 5 nitrogen and oxygen atoms in total. The van der Waals surface area contributed by atoms with Gasteiger partial charge in [-0.3, -0.25) is 5.41 Å². The molecule has 6 heteroatoms. The Labute approximate surface area is 120 Å². The highest BCUT2D eigenvalue weighted by molar-refractivity contribution is 7.16. The molecule has 1 aromatic carbocycles. The van der Waals surface area contributed by atoms with Crippen LogP contribution in [0.15, 0.2) is 24.3 Å². The van der Waals surface area contributed by atoms with Crippen LogP contribution in [-0.2, 0) is 6.54 Å². The number of hydrogen-bond donors (Lipinski definition) is 2. The molecule has 1 fully saturated rings. The normalized spacial score (nSPS) is 16.7. The number of thiazole rings is 1. The van der Waals surface area contributed by atoms with Gasteiger partial charge in [-0.15, -0.1) is 0 Å². The van der Waals surface area contributed by atoms with Crippen LogP contribution in [0, 0.1) is 11.3 Å². The van der Waals surface area contributed by atoms with Gasteiger partial charge in [-0.25, -0.2) is 4.79 Å². The third kappa shape index (κ3) is 2.43. The lowest BCUT2D eigenvalue weighted by Crippen LogP contribution is -2.38. The van der Waals surface area contributed by atoms with Crippen molar-refractivity contribution in [3.63, 3.8) is 0 Å². The van der Waals surface area contributed by atoms with E-state index in [0.717, 1.165) is 29.6 Å². The first-order valence-corrected chi connectivity index (χ1v) is 7.57. The van der Waals surface area contributed by atoms with Gasteiger partial charge in [-0.2, -0.15) is 0 Å². The Morgan fingerprint density at radius 3 is 2.75 bits per heavy atom. The van der Waals surface area contributed by atoms with E-state index in [4.69, 9.17) is 10.5 Å². The van der Waals surface area contributed by atoms with Crippen molar-refractivity contribution >= 4 is 27.6 Å². The highest BCUT2D eigenvalue weighted by Crippen LogP contribution is 2.22. The molecule has 0 spiro atoms. The van der Waals surface area contributed by atoms with E-state index in [-0.39, 0.29) is 0 Å². The topological polar surface area (TPSA) is 69.3 Å². The number of carbonyl (C=O) groups is 1. The molecule has 0 atom stereocenters. The molecule has 1 amide bonds. The Bertz CT molecular complexity index is 683. The summed E-state index contributed by atoms with van der Waals surface area (Å²) >= 11 is 1.50. The monoisotopic (exact) mass is 291 g/mol. The smallest absolute Gasteiger partial charge is 0.407 e. The minimum absolute atomic E-state index is 0.456. The molecule has 1 saturated heterocycles. The first kappa shape index (κ1) is 13.2. The van der Waals surface area contributed by atoms with Gasteiger partial charge in [-0.1, -0.05) is 23.5 Å². The quantitative estimate of drug-likeness (QED) is 0.893. The summed E-state index contributed by atoms with van der Waals surface area (Å²) in [6.07, 6.45) is 0.935. The van der Waals surface area contributed by atoms with Gasteiger partial charge < -0.3 is 14.6 Å². The second kappa shape index (κ2) is 5.28. The molecule has 2 N–H and O–H groups in total. The van der Waals surface area contributed by atoms with Gasteiger partial charge in [0.1, 0.15) is 0 Å². The average molecular weight is 291 g/mol. The number of rotatable bonds is 2. The fourth-order valence-corrected chi connectivity index (χ4v) is 3.70. The molecule has 2 heterocycles. The Kier molecular flexibility index (Phi) is 3.48. The van der Waals surface area contributed by atoms with Crippen LogP contribution in [0.25, 0.3) is 10.2 Å². The Morgan fingerprint density at radius 1 is 1.35 bits per heavy atom. The maximum atomic E-state index is 10.9. The summed E-state index contributed by atoms with van der Waals surface area (Å²) in [6.45, 7) is 2.03. The Balaban J connectivity index is 1.76. The molecule has 1 aromatic heterocycles. The molecule has 2 aromatic rings. The van der Waals surface area contributed by atoms with E-state index < -0.39 is 6.09 Å². The molecular formula is C14H17N3O2S. The van der Waals surface area contributed by atoms with Gasteiger partial charge in [0.25, 0.3) is 0 Å². The summed E-state index contributed by atoms with van der Waals surface area (Å²) in [5, 5.41) is 17.1. The van der Waals surface area contributed by atoms with E-state index in [2.05, 4.69) is 10.6 Å². The minimum Gasteiger partial charge on any atom is -0.465 e. The van der Waals surface area contributed by atoms with Crippen molar-refractivity contribution in [2.24, 2.45) is 5.92 Å². The van der Waals surface area contributed by atoms with Gasteiger partial charge in [0.05, 0.1) is 10.2 Å². The molecular weight excluding hydrogens is 274 g/mol. The number of nitrogens with zero attached hydrogens (tertiary/aromatic N) is 2. The summed E-state index contributed by atoms with van der Waals surface area (Å²) in [5.41, 5.74) is 1.11. The number of fused-ring (bicyclic) bond motifs is 1. The standard InChI is InChI=1S/C14H17N3O2S/c15-13-17(11-3-1-2-4-12(11)20-13)9-10-5-7-16(8-6-10)14(18)19/h1-4,10,15H,5-9H2,(H,18,19). The second-order valence-electron chi connectivity index (χ2n) is 5.20. The number of benzene rings is 1. The third-order valence-electron chi connectivity index (χ3n) is 3.93. The number of likely N-dealkylation sites (tertiary alicyclic amines) is 1. The summed E-state index contributed by atoms with van der Waals surface area (Å²) in [6, 6.07) is 8.09. The maximum absolute atomic E-state index is 10.9. The van der Waals surface area contributed by atoms with Gasteiger partial charge in [0, 0.05) is 19.6 Å². The molecule has 0 saturated carbocycles. The second-order valence-corrected chi connectivity index (χ2v) is 6.23. The van der Waals surface area contributed by atoms with Crippen molar-refractivity contribution in [2.45, 2.75) is 19.4 Å². The van der Waals surface area contributed by atoms with Crippen LogP contribution in [0.2, 0.25) is 0 Å². The van der Waals surface area contributed by atoms with Crippen LogP contribution in [0.5, 0.6) is 0 Å². The molecule has 20 heavy (non-hydrogen) atoms. The third-order valence-corrected chi connectivity index (χ3v) is 4.91. The number of hydrogen-bond acceptors (Lipinski definition) is 3. The van der Waals surface area contributed by atoms with Gasteiger partial charge in [0.2, 0.25) is 0 Å². The molecule has 0 unspecified atom stereocenters. The van der Waals surface area contributed by atoms with Crippen LogP contribution in [-0.4, -0.2) is 33.8 Å². The molecule has 0 aliphatic carbocycles. The number of carboxylic acid groups (broad SMARTS) is 1. The van der Waals surface area contributed by atoms with Crippen LogP contribution in [0.4, 0.5) is 4.79 Å². The molecule has 1 aliphatic heterocycles. The van der Waals surface area contributed by atoms with E-state index in [1.54, 1.807) is 0 Å². The molecule has 1 aliphatic rings. The van der Waals surface area contributed by atoms with E-state index in [1.807, 2.05) is 18.2 Å². The fraction of sp³-hybridized carbons (Fsp3) is 0.429. The van der Waals surface area contributed by atoms with Crippen molar-refractivity contribution in [1.29, 1.82) is 5.41 Å². The lowest BCUT2D eigenvalue weighted by molar-refractivity contribution is 0.121. The number of nitrogens with one attached hydrogen (secondary N) is 1. The van der Waals surface area contributed by atoms with Gasteiger partial charge in [0.15, 0.2) is 4.80 Å². The molecule has 0 radical (unpaired) electrons. The van der Waals surface area contributed by atoms with Crippen molar-refractivity contribution in [2.75, 3.05) is 13.1 Å². The highest BCUT2D eigenvalue weighted by atomic mass is 32.1. The largest absolute Gasteiger partial charge is 0.465 e.